The predicted octanol–water partition coefficient (Wildman–Crippen LogP) is 18.2. The summed E-state index contributed by atoms with van der Waals surface area (Å²) < 4.78 is 2.31. The van der Waals surface area contributed by atoms with Crippen molar-refractivity contribution in [2.45, 2.75) is 44.9 Å². The van der Waals surface area contributed by atoms with Gasteiger partial charge in [-0.1, -0.05) is 238 Å². The lowest BCUT2D eigenvalue weighted by Gasteiger charge is -2.30. The van der Waals surface area contributed by atoms with Crippen molar-refractivity contribution in [2.75, 3.05) is 0 Å². The van der Waals surface area contributed by atoms with Crippen LogP contribution < -0.4 is 0 Å². The van der Waals surface area contributed by atoms with E-state index in [1.54, 1.807) is 0 Å². The predicted molar refractivity (Wildman–Crippen MR) is 318 cm³/mol. The van der Waals surface area contributed by atoms with E-state index in [1.807, 2.05) is 0 Å². The van der Waals surface area contributed by atoms with Gasteiger partial charge in [0, 0.05) is 45.9 Å². The lowest BCUT2D eigenvalue weighted by molar-refractivity contribution is 0.797. The minimum absolute atomic E-state index is 0.0454. The molecule has 0 saturated carbocycles. The maximum absolute atomic E-state index is 5.58. The second-order valence-electron chi connectivity index (χ2n) is 19.9. The van der Waals surface area contributed by atoms with Crippen LogP contribution in [-0.4, -0.2) is 16.1 Å². The zero-order valence-corrected chi connectivity index (χ0v) is 42.5. The smallest absolute Gasteiger partial charge is 0.161 e. The summed E-state index contributed by atoms with van der Waals surface area (Å²) in [7, 11) is 0. The number of amidine groups is 1. The normalized spacial score (nSPS) is 15.3. The molecule has 2 aliphatic rings. The highest BCUT2D eigenvalue weighted by Crippen LogP contribution is 2.49. The largest absolute Gasteiger partial charge is 0.294 e. The number of aliphatic imine (C=N–C) groups is 2. The van der Waals surface area contributed by atoms with Gasteiger partial charge in [-0.15, -0.1) is 5.73 Å². The summed E-state index contributed by atoms with van der Waals surface area (Å²) in [6.45, 7) is 13.3. The van der Waals surface area contributed by atoms with Gasteiger partial charge in [0.1, 0.15) is 5.82 Å². The number of rotatable bonds is 11. The summed E-state index contributed by atoms with van der Waals surface area (Å²) in [5.74, 6) is 1.53. The van der Waals surface area contributed by atoms with Gasteiger partial charge in [0.15, 0.2) is 5.84 Å². The molecule has 10 aromatic rings. The Labute approximate surface area is 441 Å². The molecule has 0 amide bonds. The summed E-state index contributed by atoms with van der Waals surface area (Å²) in [6, 6.07) is 78.7. The summed E-state index contributed by atoms with van der Waals surface area (Å²) in [4.78, 5) is 11.1. The second-order valence-corrected chi connectivity index (χ2v) is 19.9. The SMILES string of the molecule is C=C=C(Cc1c(C)cccc1-c1ccc(C2Cc3ccccc3-c3ccc4c5ccccc5n(C(=C)N=C(N=C(C)C5=CC=CC(c6ccccc6)C5)c5cccc(-c6ccccc6)c5)c4c32)cc1)c1ccccc1. The first-order valence-electron chi connectivity index (χ1n) is 26.1. The lowest BCUT2D eigenvalue weighted by atomic mass is 9.74. The standard InChI is InChI=1S/C72H57N3/c1-5-51(52-23-9-6-10-24-52)46-67-48(2)22-19-36-62(67)55-38-40-56(41-39-55)68-47-60-29-15-16-34-63(60)65-42-43-66-64-35-17-18-37-69(64)75(71(66)70(65)68)50(4)74-72(61-33-21-32-59(45-61)54-27-13-8-14-28-54)73-49(3)57-30-20-31-58(44-57)53-25-11-7-12-26-53/h6-43,45,58,68H,1,4,44,46-47H2,2-3H3. The first-order valence-corrected chi connectivity index (χ1v) is 26.1. The molecule has 12 rings (SSSR count). The molecule has 2 atom stereocenters. The van der Waals surface area contributed by atoms with Crippen molar-refractivity contribution in [1.82, 2.24) is 4.57 Å². The van der Waals surface area contributed by atoms with Gasteiger partial charge in [-0.25, -0.2) is 9.98 Å². The minimum atomic E-state index is 0.0454. The van der Waals surface area contributed by atoms with Crippen molar-refractivity contribution in [3.63, 3.8) is 0 Å². The van der Waals surface area contributed by atoms with Crippen LogP contribution in [0, 0.1) is 6.92 Å². The summed E-state index contributed by atoms with van der Waals surface area (Å²) >= 11 is 0. The van der Waals surface area contributed by atoms with Crippen LogP contribution in [0.5, 0.6) is 0 Å². The van der Waals surface area contributed by atoms with Gasteiger partial charge in [-0.2, -0.15) is 0 Å². The number of aryl methyl sites for hydroxylation is 1. The third-order valence-electron chi connectivity index (χ3n) is 15.4. The number of benzene rings is 9. The van der Waals surface area contributed by atoms with Gasteiger partial charge in [0.25, 0.3) is 0 Å². The van der Waals surface area contributed by atoms with E-state index in [1.165, 1.54) is 66.6 Å². The van der Waals surface area contributed by atoms with Crippen molar-refractivity contribution in [3.8, 4) is 33.4 Å². The van der Waals surface area contributed by atoms with Gasteiger partial charge in [0.05, 0.1) is 11.0 Å². The fourth-order valence-electron chi connectivity index (χ4n) is 11.6. The molecule has 2 unspecified atom stereocenters. The van der Waals surface area contributed by atoms with Gasteiger partial charge >= 0.3 is 0 Å². The van der Waals surface area contributed by atoms with E-state index >= 15 is 0 Å². The van der Waals surface area contributed by atoms with Crippen LogP contribution in [0.25, 0.3) is 66.6 Å². The van der Waals surface area contributed by atoms with Crippen LogP contribution in [0.1, 0.15) is 69.7 Å². The average Bonchev–Trinajstić information content (AvgIpc) is 3.89. The van der Waals surface area contributed by atoms with E-state index in [4.69, 9.17) is 16.6 Å². The van der Waals surface area contributed by atoms with Crippen LogP contribution in [0.3, 0.4) is 0 Å². The molecule has 75 heavy (non-hydrogen) atoms. The maximum Gasteiger partial charge on any atom is 0.161 e. The molecule has 9 aromatic carbocycles. The van der Waals surface area contributed by atoms with Crippen LogP contribution in [0.2, 0.25) is 0 Å². The van der Waals surface area contributed by atoms with E-state index < -0.39 is 0 Å². The fraction of sp³-hybridized carbons (Fsp3) is 0.0972. The van der Waals surface area contributed by atoms with Crippen LogP contribution >= 0.6 is 0 Å². The minimum Gasteiger partial charge on any atom is -0.294 e. The van der Waals surface area contributed by atoms with Crippen LogP contribution in [0.4, 0.5) is 0 Å². The Bertz CT molecular complexity index is 3990. The third-order valence-corrected chi connectivity index (χ3v) is 15.4. The Kier molecular flexibility index (Phi) is 12.8. The topological polar surface area (TPSA) is 29.6 Å². The molecule has 0 radical (unpaired) electrons. The monoisotopic (exact) mass is 963 g/mol. The van der Waals surface area contributed by atoms with Gasteiger partial charge in [-0.3, -0.25) is 4.57 Å². The van der Waals surface area contributed by atoms with Gasteiger partial charge < -0.3 is 0 Å². The van der Waals surface area contributed by atoms with Crippen molar-refractivity contribution in [3.05, 3.63) is 306 Å². The van der Waals surface area contributed by atoms with E-state index in [2.05, 4.69) is 267 Å². The highest BCUT2D eigenvalue weighted by atomic mass is 15.1. The summed E-state index contributed by atoms with van der Waals surface area (Å²) in [5.41, 5.74) is 25.6. The van der Waals surface area contributed by atoms with Crippen molar-refractivity contribution >= 4 is 44.7 Å². The van der Waals surface area contributed by atoms with E-state index in [9.17, 15) is 0 Å². The highest BCUT2D eigenvalue weighted by molar-refractivity contribution is 6.15. The fourth-order valence-corrected chi connectivity index (χ4v) is 11.6. The Morgan fingerprint density at radius 3 is 2.07 bits per heavy atom. The Balaban J connectivity index is 0.999. The molecule has 3 heteroatoms. The van der Waals surface area contributed by atoms with Crippen molar-refractivity contribution < 1.29 is 0 Å². The number of hydrogen-bond acceptors (Lipinski definition) is 1. The number of para-hydroxylation sites is 1. The van der Waals surface area contributed by atoms with Crippen molar-refractivity contribution in [1.29, 1.82) is 0 Å². The number of allylic oxidation sites excluding steroid dienone is 5. The molecule has 2 aliphatic carbocycles. The quantitative estimate of drug-likeness (QED) is 0.0702. The molecule has 0 spiro atoms. The second kappa shape index (κ2) is 20.4. The molecular weight excluding hydrogens is 907 g/mol. The van der Waals surface area contributed by atoms with Crippen LogP contribution in [-0.2, 0) is 12.8 Å². The Hall–Kier alpha value is -9.14. The molecule has 3 nitrogen and oxygen atoms in total. The average molecular weight is 964 g/mol. The summed E-state index contributed by atoms with van der Waals surface area (Å²) in [5, 5.41) is 2.34. The molecule has 360 valence electrons. The maximum atomic E-state index is 5.58. The number of hydrogen-bond donors (Lipinski definition) is 0. The third kappa shape index (κ3) is 9.10. The van der Waals surface area contributed by atoms with Crippen LogP contribution in [0.15, 0.2) is 271 Å². The Morgan fingerprint density at radius 1 is 0.587 bits per heavy atom. The Morgan fingerprint density at radius 2 is 1.27 bits per heavy atom. The number of aromatic nitrogens is 1. The number of fused-ring (bicyclic) bond motifs is 7. The molecule has 0 saturated heterocycles. The van der Waals surface area contributed by atoms with Gasteiger partial charge in [0.2, 0.25) is 0 Å². The zero-order chi connectivity index (χ0) is 50.8. The van der Waals surface area contributed by atoms with Gasteiger partial charge in [-0.05, 0) is 117 Å². The molecule has 0 aliphatic heterocycles. The highest BCUT2D eigenvalue weighted by Gasteiger charge is 2.31. The van der Waals surface area contributed by atoms with E-state index in [0.29, 0.717) is 11.7 Å². The first-order chi connectivity index (χ1) is 36.9. The molecular formula is C72H57N3. The first kappa shape index (κ1) is 46.9. The molecule has 0 fully saturated rings. The lowest BCUT2D eigenvalue weighted by Crippen LogP contribution is -2.15. The molecule has 0 bridgehead atoms. The molecule has 0 N–H and O–H groups in total. The van der Waals surface area contributed by atoms with E-state index in [0.717, 1.165) is 69.2 Å². The zero-order valence-electron chi connectivity index (χ0n) is 42.5. The van der Waals surface area contributed by atoms with Crippen molar-refractivity contribution in [2.24, 2.45) is 9.98 Å². The molecule has 1 heterocycles. The summed E-state index contributed by atoms with van der Waals surface area (Å²) in [6.07, 6.45) is 9.12. The number of nitrogens with zero attached hydrogens (tertiary/aromatic N) is 3. The van der Waals surface area contributed by atoms with E-state index in [-0.39, 0.29) is 11.8 Å². The molecule has 1 aromatic heterocycles.